The molecule has 0 spiro atoms. The van der Waals surface area contributed by atoms with Crippen molar-refractivity contribution in [3.8, 4) is 11.5 Å². The van der Waals surface area contributed by atoms with Gasteiger partial charge in [-0.1, -0.05) is 12.8 Å². The average Bonchev–Trinajstić information content (AvgIpc) is 3.24. The molecular weight excluding hydrogens is 264 g/mol. The van der Waals surface area contributed by atoms with Crippen LogP contribution in [0.3, 0.4) is 0 Å². The molecule has 6 nitrogen and oxygen atoms in total. The third-order valence-electron chi connectivity index (χ3n) is 4.21. The summed E-state index contributed by atoms with van der Waals surface area (Å²) in [4.78, 5) is 9.20. The van der Waals surface area contributed by atoms with E-state index in [0.717, 1.165) is 29.5 Å². The van der Waals surface area contributed by atoms with Crippen LogP contribution in [0.5, 0.6) is 0 Å². The second kappa shape index (κ2) is 4.95. The van der Waals surface area contributed by atoms with Crippen molar-refractivity contribution >= 4 is 5.65 Å². The maximum absolute atomic E-state index is 4.81. The van der Waals surface area contributed by atoms with E-state index in [-0.39, 0.29) is 0 Å². The molecule has 108 valence electrons. The molecular formula is C15H18N6. The summed E-state index contributed by atoms with van der Waals surface area (Å²) in [5.41, 5.74) is 1.74. The van der Waals surface area contributed by atoms with Crippen LogP contribution in [-0.4, -0.2) is 29.4 Å². The summed E-state index contributed by atoms with van der Waals surface area (Å²) >= 11 is 0. The third-order valence-corrected chi connectivity index (χ3v) is 4.21. The Morgan fingerprint density at radius 3 is 2.95 bits per heavy atom. The van der Waals surface area contributed by atoms with Crippen molar-refractivity contribution < 1.29 is 0 Å². The molecule has 3 aromatic heterocycles. The summed E-state index contributed by atoms with van der Waals surface area (Å²) in [7, 11) is 0. The Labute approximate surface area is 122 Å². The predicted octanol–water partition coefficient (Wildman–Crippen LogP) is 2.67. The molecule has 0 radical (unpaired) electrons. The molecule has 3 heterocycles. The maximum atomic E-state index is 4.81. The molecule has 0 unspecified atom stereocenters. The molecule has 0 saturated heterocycles. The van der Waals surface area contributed by atoms with Gasteiger partial charge in [-0.15, -0.1) is 0 Å². The molecule has 0 aliphatic heterocycles. The van der Waals surface area contributed by atoms with Crippen molar-refractivity contribution in [3.63, 3.8) is 0 Å². The number of nitrogens with zero attached hydrogens (tertiary/aromatic N) is 6. The van der Waals surface area contributed by atoms with E-state index in [1.54, 1.807) is 6.20 Å². The highest BCUT2D eigenvalue weighted by atomic mass is 15.4. The van der Waals surface area contributed by atoms with Crippen LogP contribution in [0.4, 0.5) is 0 Å². The largest absolute Gasteiger partial charge is 0.244 e. The van der Waals surface area contributed by atoms with Gasteiger partial charge in [0.05, 0.1) is 6.20 Å². The topological polar surface area (TPSA) is 60.9 Å². The number of imidazole rings is 1. The number of hydrogen-bond donors (Lipinski definition) is 0. The summed E-state index contributed by atoms with van der Waals surface area (Å²) < 4.78 is 3.79. The molecule has 1 saturated carbocycles. The molecule has 6 heteroatoms. The van der Waals surface area contributed by atoms with Crippen LogP contribution >= 0.6 is 0 Å². The number of rotatable bonds is 3. The molecule has 0 amide bonds. The van der Waals surface area contributed by atoms with Crippen molar-refractivity contribution in [2.24, 2.45) is 0 Å². The van der Waals surface area contributed by atoms with E-state index in [1.165, 1.54) is 25.7 Å². The number of fused-ring (bicyclic) bond motifs is 1. The smallest absolute Gasteiger partial charge is 0.178 e. The van der Waals surface area contributed by atoms with Crippen LogP contribution in [0.1, 0.15) is 44.3 Å². The average molecular weight is 282 g/mol. The SMILES string of the molecule is CCn1nc(C2CCCC2)nc1-c1cnc2cccnn12. The van der Waals surface area contributed by atoms with E-state index in [4.69, 9.17) is 10.1 Å². The maximum Gasteiger partial charge on any atom is 0.178 e. The molecule has 3 aromatic rings. The van der Waals surface area contributed by atoms with E-state index >= 15 is 0 Å². The first-order valence-corrected chi connectivity index (χ1v) is 7.60. The number of aryl methyl sites for hydroxylation is 1. The standard InChI is InChI=1S/C15H18N6/c1-2-20-15(18-14(19-20)11-6-3-4-7-11)12-10-16-13-8-5-9-17-21(12)13/h5,8-11H,2-4,6-7H2,1H3. The highest BCUT2D eigenvalue weighted by molar-refractivity contribution is 5.55. The van der Waals surface area contributed by atoms with Crippen molar-refractivity contribution in [2.75, 3.05) is 0 Å². The molecule has 4 rings (SSSR count). The van der Waals surface area contributed by atoms with Gasteiger partial charge in [0.15, 0.2) is 17.3 Å². The number of hydrogen-bond acceptors (Lipinski definition) is 4. The van der Waals surface area contributed by atoms with Gasteiger partial charge in [0.2, 0.25) is 0 Å². The minimum absolute atomic E-state index is 0.517. The lowest BCUT2D eigenvalue weighted by Crippen LogP contribution is -2.03. The van der Waals surface area contributed by atoms with Gasteiger partial charge in [0, 0.05) is 18.7 Å². The summed E-state index contributed by atoms with van der Waals surface area (Å²) in [6.07, 6.45) is 8.59. The van der Waals surface area contributed by atoms with Gasteiger partial charge in [-0.2, -0.15) is 10.2 Å². The van der Waals surface area contributed by atoms with E-state index in [1.807, 2.05) is 27.5 Å². The van der Waals surface area contributed by atoms with Gasteiger partial charge in [0.25, 0.3) is 0 Å². The van der Waals surface area contributed by atoms with Gasteiger partial charge in [-0.05, 0) is 31.9 Å². The Bertz CT molecular complexity index is 765. The fraction of sp³-hybridized carbons (Fsp3) is 0.467. The van der Waals surface area contributed by atoms with Gasteiger partial charge in [0.1, 0.15) is 5.69 Å². The first kappa shape index (κ1) is 12.5. The molecule has 0 aromatic carbocycles. The van der Waals surface area contributed by atoms with Crippen LogP contribution in [0.2, 0.25) is 0 Å². The molecule has 1 aliphatic carbocycles. The quantitative estimate of drug-likeness (QED) is 0.741. The van der Waals surface area contributed by atoms with Crippen LogP contribution in [0.15, 0.2) is 24.5 Å². The molecule has 0 N–H and O–H groups in total. The molecule has 21 heavy (non-hydrogen) atoms. The van der Waals surface area contributed by atoms with Gasteiger partial charge >= 0.3 is 0 Å². The lowest BCUT2D eigenvalue weighted by molar-refractivity contribution is 0.613. The summed E-state index contributed by atoms with van der Waals surface area (Å²) in [5.74, 6) is 2.37. The first-order valence-electron chi connectivity index (χ1n) is 7.60. The van der Waals surface area contributed by atoms with Crippen molar-refractivity contribution in [1.82, 2.24) is 29.4 Å². The molecule has 1 fully saturated rings. The summed E-state index contributed by atoms with van der Waals surface area (Å²) in [6, 6.07) is 3.83. The lowest BCUT2D eigenvalue weighted by Gasteiger charge is -2.01. The van der Waals surface area contributed by atoms with Crippen LogP contribution in [-0.2, 0) is 6.54 Å². The minimum atomic E-state index is 0.517. The first-order chi connectivity index (χ1) is 10.4. The Morgan fingerprint density at radius 1 is 1.29 bits per heavy atom. The fourth-order valence-corrected chi connectivity index (χ4v) is 3.11. The summed E-state index contributed by atoms with van der Waals surface area (Å²) in [5, 5.41) is 9.08. The Morgan fingerprint density at radius 2 is 2.14 bits per heavy atom. The lowest BCUT2D eigenvalue weighted by atomic mass is 10.1. The van der Waals surface area contributed by atoms with Gasteiger partial charge in [-0.3, -0.25) is 0 Å². The molecule has 1 aliphatic rings. The minimum Gasteiger partial charge on any atom is -0.244 e. The van der Waals surface area contributed by atoms with Crippen LogP contribution in [0, 0.1) is 0 Å². The zero-order chi connectivity index (χ0) is 14.2. The molecule has 0 atom stereocenters. The Kier molecular flexibility index (Phi) is 2.94. The zero-order valence-corrected chi connectivity index (χ0v) is 12.1. The Balaban J connectivity index is 1.83. The van der Waals surface area contributed by atoms with Crippen LogP contribution in [0.25, 0.3) is 17.2 Å². The molecule has 0 bridgehead atoms. The van der Waals surface area contributed by atoms with E-state index < -0.39 is 0 Å². The third kappa shape index (κ3) is 2.02. The van der Waals surface area contributed by atoms with Crippen molar-refractivity contribution in [2.45, 2.75) is 45.1 Å². The monoisotopic (exact) mass is 282 g/mol. The summed E-state index contributed by atoms with van der Waals surface area (Å²) in [6.45, 7) is 2.89. The highest BCUT2D eigenvalue weighted by Gasteiger charge is 2.24. The normalized spacial score (nSPS) is 16.0. The predicted molar refractivity (Wildman–Crippen MR) is 78.9 cm³/mol. The highest BCUT2D eigenvalue weighted by Crippen LogP contribution is 2.33. The second-order valence-electron chi connectivity index (χ2n) is 5.53. The second-order valence-corrected chi connectivity index (χ2v) is 5.53. The number of aromatic nitrogens is 6. The van der Waals surface area contributed by atoms with Gasteiger partial charge < -0.3 is 0 Å². The van der Waals surface area contributed by atoms with Crippen molar-refractivity contribution in [3.05, 3.63) is 30.4 Å². The van der Waals surface area contributed by atoms with Gasteiger partial charge in [-0.25, -0.2) is 19.2 Å². The van der Waals surface area contributed by atoms with E-state index in [0.29, 0.717) is 5.92 Å². The van der Waals surface area contributed by atoms with E-state index in [9.17, 15) is 0 Å². The fourth-order valence-electron chi connectivity index (χ4n) is 3.11. The van der Waals surface area contributed by atoms with Crippen LogP contribution < -0.4 is 0 Å². The van der Waals surface area contributed by atoms with E-state index in [2.05, 4.69) is 17.0 Å². The zero-order valence-electron chi connectivity index (χ0n) is 12.1. The Hall–Kier alpha value is -2.24. The van der Waals surface area contributed by atoms with Crippen molar-refractivity contribution in [1.29, 1.82) is 0 Å².